The summed E-state index contributed by atoms with van der Waals surface area (Å²) in [5.74, 6) is 1.58. The van der Waals surface area contributed by atoms with Crippen molar-refractivity contribution in [2.45, 2.75) is 20.4 Å². The maximum atomic E-state index is 4.23. The first-order chi connectivity index (χ1) is 10.2. The number of hydrogen-bond donors (Lipinski definition) is 2. The van der Waals surface area contributed by atoms with Crippen LogP contribution in [0.5, 0.6) is 0 Å². The highest BCUT2D eigenvalue weighted by atomic mass is 15.1. The van der Waals surface area contributed by atoms with E-state index in [0.717, 1.165) is 37.0 Å². The molecular formula is C16H23N5. The second-order valence-electron chi connectivity index (χ2n) is 4.83. The number of rotatable bonds is 7. The van der Waals surface area contributed by atoms with Crippen LogP contribution in [0.1, 0.15) is 19.4 Å². The number of nitrogens with one attached hydrogen (secondary N) is 2. The predicted octanol–water partition coefficient (Wildman–Crippen LogP) is 3.10. The average molecular weight is 285 g/mol. The second kappa shape index (κ2) is 7.59. The molecule has 5 nitrogen and oxygen atoms in total. The number of nitrogens with zero attached hydrogens (tertiary/aromatic N) is 3. The van der Waals surface area contributed by atoms with Crippen LogP contribution < -0.4 is 10.6 Å². The van der Waals surface area contributed by atoms with Gasteiger partial charge in [0.25, 0.3) is 0 Å². The van der Waals surface area contributed by atoms with Gasteiger partial charge in [0.1, 0.15) is 18.0 Å². The Hall–Kier alpha value is -2.14. The van der Waals surface area contributed by atoms with Gasteiger partial charge in [-0.3, -0.25) is 4.90 Å². The first-order valence-electron chi connectivity index (χ1n) is 7.33. The van der Waals surface area contributed by atoms with Crippen LogP contribution in [0.4, 0.5) is 17.3 Å². The molecule has 0 radical (unpaired) electrons. The van der Waals surface area contributed by atoms with Crippen molar-refractivity contribution in [2.24, 2.45) is 0 Å². The number of benzene rings is 1. The molecule has 0 atom stereocenters. The predicted molar refractivity (Wildman–Crippen MR) is 87.9 cm³/mol. The molecule has 0 saturated heterocycles. The molecule has 0 amide bonds. The van der Waals surface area contributed by atoms with Gasteiger partial charge in [0.2, 0.25) is 0 Å². The Morgan fingerprint density at radius 3 is 2.52 bits per heavy atom. The van der Waals surface area contributed by atoms with Crippen molar-refractivity contribution in [3.8, 4) is 0 Å². The van der Waals surface area contributed by atoms with E-state index in [1.165, 1.54) is 5.56 Å². The van der Waals surface area contributed by atoms with E-state index < -0.39 is 0 Å². The smallest absolute Gasteiger partial charge is 0.135 e. The van der Waals surface area contributed by atoms with Crippen molar-refractivity contribution in [1.29, 1.82) is 0 Å². The van der Waals surface area contributed by atoms with Crippen molar-refractivity contribution >= 4 is 17.3 Å². The lowest BCUT2D eigenvalue weighted by molar-refractivity contribution is 0.296. The molecule has 1 aromatic heterocycles. The maximum Gasteiger partial charge on any atom is 0.135 e. The summed E-state index contributed by atoms with van der Waals surface area (Å²) < 4.78 is 0. The minimum absolute atomic E-state index is 0.786. The van der Waals surface area contributed by atoms with Gasteiger partial charge >= 0.3 is 0 Å². The van der Waals surface area contributed by atoms with Crippen LogP contribution in [0.2, 0.25) is 0 Å². The zero-order chi connectivity index (χ0) is 15.1. The van der Waals surface area contributed by atoms with Gasteiger partial charge in [0.15, 0.2) is 0 Å². The molecule has 0 unspecified atom stereocenters. The number of anilines is 3. The average Bonchev–Trinajstić information content (AvgIpc) is 2.53. The Morgan fingerprint density at radius 1 is 1.05 bits per heavy atom. The summed E-state index contributed by atoms with van der Waals surface area (Å²) in [7, 11) is 1.84. The molecule has 1 heterocycles. The molecule has 0 spiro atoms. The van der Waals surface area contributed by atoms with E-state index in [1.807, 2.05) is 19.2 Å². The first-order valence-corrected chi connectivity index (χ1v) is 7.33. The van der Waals surface area contributed by atoms with Gasteiger partial charge in [-0.15, -0.1) is 0 Å². The van der Waals surface area contributed by atoms with Crippen LogP contribution in [0.3, 0.4) is 0 Å². The van der Waals surface area contributed by atoms with Crippen LogP contribution in [0.15, 0.2) is 36.7 Å². The summed E-state index contributed by atoms with van der Waals surface area (Å²) in [6.07, 6.45) is 1.55. The van der Waals surface area contributed by atoms with Crippen LogP contribution in [0.25, 0.3) is 0 Å². The lowest BCUT2D eigenvalue weighted by atomic mass is 10.2. The van der Waals surface area contributed by atoms with Crippen LogP contribution in [0, 0.1) is 0 Å². The summed E-state index contributed by atoms with van der Waals surface area (Å²) in [6.45, 7) is 7.46. The van der Waals surface area contributed by atoms with E-state index in [0.29, 0.717) is 0 Å². The monoisotopic (exact) mass is 285 g/mol. The molecule has 21 heavy (non-hydrogen) atoms. The Balaban J connectivity index is 2.09. The first kappa shape index (κ1) is 15.3. The van der Waals surface area contributed by atoms with Crippen LogP contribution in [-0.2, 0) is 6.54 Å². The van der Waals surface area contributed by atoms with Gasteiger partial charge in [-0.25, -0.2) is 9.97 Å². The molecule has 2 N–H and O–H groups in total. The fraction of sp³-hybridized carbons (Fsp3) is 0.375. The van der Waals surface area contributed by atoms with Gasteiger partial charge in [0, 0.05) is 25.3 Å². The summed E-state index contributed by atoms with van der Waals surface area (Å²) in [4.78, 5) is 10.7. The van der Waals surface area contributed by atoms with E-state index in [9.17, 15) is 0 Å². The largest absolute Gasteiger partial charge is 0.373 e. The summed E-state index contributed by atoms with van der Waals surface area (Å²) in [5, 5.41) is 6.33. The van der Waals surface area contributed by atoms with Gasteiger partial charge in [-0.1, -0.05) is 26.0 Å². The standard InChI is InChI=1S/C16H23N5/c1-4-21(5-2)11-13-7-6-8-14(9-13)20-16-10-15(17-3)18-12-19-16/h6-10,12H,4-5,11H2,1-3H3,(H2,17,18,19,20). The third-order valence-electron chi connectivity index (χ3n) is 3.42. The topological polar surface area (TPSA) is 53.1 Å². The van der Waals surface area contributed by atoms with Crippen LogP contribution >= 0.6 is 0 Å². The molecule has 0 bridgehead atoms. The van der Waals surface area contributed by atoms with Crippen molar-refractivity contribution in [1.82, 2.24) is 14.9 Å². The maximum absolute atomic E-state index is 4.23. The zero-order valence-electron chi connectivity index (χ0n) is 12.9. The van der Waals surface area contributed by atoms with E-state index in [4.69, 9.17) is 0 Å². The summed E-state index contributed by atoms with van der Waals surface area (Å²) in [5.41, 5.74) is 2.34. The van der Waals surface area contributed by atoms with E-state index in [2.05, 4.69) is 57.5 Å². The Labute approximate surface area is 126 Å². The van der Waals surface area contributed by atoms with E-state index >= 15 is 0 Å². The molecule has 1 aromatic carbocycles. The van der Waals surface area contributed by atoms with Crippen molar-refractivity contribution < 1.29 is 0 Å². The Bertz CT molecular complexity index is 566. The minimum Gasteiger partial charge on any atom is -0.373 e. The SMILES string of the molecule is CCN(CC)Cc1cccc(Nc2cc(NC)ncn2)c1. The summed E-state index contributed by atoms with van der Waals surface area (Å²) >= 11 is 0. The molecule has 0 aliphatic carbocycles. The fourth-order valence-electron chi connectivity index (χ4n) is 2.16. The quantitative estimate of drug-likeness (QED) is 0.818. The minimum atomic E-state index is 0.786. The van der Waals surface area contributed by atoms with Gasteiger partial charge in [-0.2, -0.15) is 0 Å². The Kier molecular flexibility index (Phi) is 5.51. The second-order valence-corrected chi connectivity index (χ2v) is 4.83. The molecule has 2 aromatic rings. The fourth-order valence-corrected chi connectivity index (χ4v) is 2.16. The lowest BCUT2D eigenvalue weighted by Crippen LogP contribution is -2.22. The molecule has 0 aliphatic heterocycles. The van der Waals surface area contributed by atoms with Gasteiger partial charge in [0.05, 0.1) is 0 Å². The highest BCUT2D eigenvalue weighted by Gasteiger charge is 2.03. The number of aromatic nitrogens is 2. The van der Waals surface area contributed by atoms with Crippen LogP contribution in [-0.4, -0.2) is 35.0 Å². The highest BCUT2D eigenvalue weighted by Crippen LogP contribution is 2.18. The molecule has 112 valence electrons. The summed E-state index contributed by atoms with van der Waals surface area (Å²) in [6, 6.07) is 10.3. The third kappa shape index (κ3) is 4.43. The molecule has 0 saturated carbocycles. The van der Waals surface area contributed by atoms with Gasteiger partial charge < -0.3 is 10.6 Å². The van der Waals surface area contributed by atoms with Crippen molar-refractivity contribution in [3.05, 3.63) is 42.2 Å². The molecular weight excluding hydrogens is 262 g/mol. The zero-order valence-corrected chi connectivity index (χ0v) is 12.9. The van der Waals surface area contributed by atoms with E-state index in [-0.39, 0.29) is 0 Å². The Morgan fingerprint density at radius 2 is 1.81 bits per heavy atom. The third-order valence-corrected chi connectivity index (χ3v) is 3.42. The number of hydrogen-bond acceptors (Lipinski definition) is 5. The molecule has 5 heteroatoms. The van der Waals surface area contributed by atoms with Crippen molar-refractivity contribution in [3.63, 3.8) is 0 Å². The molecule has 2 rings (SSSR count). The van der Waals surface area contributed by atoms with Gasteiger partial charge in [-0.05, 0) is 30.8 Å². The van der Waals surface area contributed by atoms with Crippen molar-refractivity contribution in [2.75, 3.05) is 30.8 Å². The lowest BCUT2D eigenvalue weighted by Gasteiger charge is -2.18. The highest BCUT2D eigenvalue weighted by molar-refractivity contribution is 5.59. The molecule has 0 fully saturated rings. The van der Waals surface area contributed by atoms with E-state index in [1.54, 1.807) is 6.33 Å². The normalized spacial score (nSPS) is 10.7. The molecule has 0 aliphatic rings.